The first-order valence-electron chi connectivity index (χ1n) is 7.01. The van der Waals surface area contributed by atoms with E-state index in [9.17, 15) is 9.59 Å². The van der Waals surface area contributed by atoms with E-state index in [4.69, 9.17) is 5.73 Å². The average Bonchev–Trinajstić information content (AvgIpc) is 3.16. The molecule has 2 N–H and O–H groups in total. The first-order valence-corrected chi connectivity index (χ1v) is 7.01. The fourth-order valence-corrected chi connectivity index (χ4v) is 3.19. The second-order valence-corrected chi connectivity index (χ2v) is 5.69. The molecule has 4 rings (SSSR count). The third-order valence-corrected chi connectivity index (χ3v) is 4.33. The van der Waals surface area contributed by atoms with Crippen molar-refractivity contribution in [1.82, 2.24) is 14.5 Å². The molecule has 1 fully saturated rings. The minimum Gasteiger partial charge on any atom is -0.364 e. The van der Waals surface area contributed by atoms with Gasteiger partial charge in [0.15, 0.2) is 0 Å². The number of hydrogen-bond donors (Lipinski definition) is 1. The van der Waals surface area contributed by atoms with Crippen molar-refractivity contribution in [3.05, 3.63) is 28.5 Å². The Bertz CT molecular complexity index is 682. The van der Waals surface area contributed by atoms with E-state index < -0.39 is 0 Å². The summed E-state index contributed by atoms with van der Waals surface area (Å²) in [7, 11) is 0. The van der Waals surface area contributed by atoms with Crippen LogP contribution >= 0.6 is 0 Å². The summed E-state index contributed by atoms with van der Waals surface area (Å²) in [6, 6.07) is -0.181. The van der Waals surface area contributed by atoms with Crippen LogP contribution in [0.5, 0.6) is 0 Å². The van der Waals surface area contributed by atoms with Gasteiger partial charge >= 0.3 is 0 Å². The van der Waals surface area contributed by atoms with Crippen molar-refractivity contribution in [3.63, 3.8) is 0 Å². The monoisotopic (exact) mass is 272 g/mol. The van der Waals surface area contributed by atoms with Crippen LogP contribution in [0.4, 0.5) is 0 Å². The van der Waals surface area contributed by atoms with Crippen LogP contribution in [-0.4, -0.2) is 39.1 Å². The average molecular weight is 272 g/mol. The molecule has 0 aromatic carbocycles. The molecule has 104 valence electrons. The number of carbonyl (C=O) groups excluding carboxylic acids is 2. The van der Waals surface area contributed by atoms with Crippen molar-refractivity contribution < 1.29 is 9.59 Å². The first kappa shape index (κ1) is 11.8. The van der Waals surface area contributed by atoms with Crippen molar-refractivity contribution in [2.24, 2.45) is 5.73 Å². The van der Waals surface area contributed by atoms with Gasteiger partial charge in [0, 0.05) is 25.2 Å². The predicted octanol–water partition coefficient (Wildman–Crippen LogP) is 0.645. The van der Waals surface area contributed by atoms with Gasteiger partial charge in [0.05, 0.1) is 11.7 Å². The van der Waals surface area contributed by atoms with Gasteiger partial charge in [0.25, 0.3) is 0 Å². The summed E-state index contributed by atoms with van der Waals surface area (Å²) in [5.41, 5.74) is 7.89. The molecule has 1 atom stereocenters. The number of nitrogens with two attached hydrogens (primary N) is 1. The second-order valence-electron chi connectivity index (χ2n) is 5.69. The van der Waals surface area contributed by atoms with Crippen LogP contribution in [0.1, 0.15) is 52.6 Å². The zero-order valence-corrected chi connectivity index (χ0v) is 11.3. The standard InChI is InChI=1S/C14H16N4O2/c1-7-10(17-5-6-17)13(20)9-11(12(7)19)18-4-2-3-8(15)14(18)16-9/h8H,2-6,15H2,1H3/t8-/m1/s1. The quantitative estimate of drug-likeness (QED) is 0.759. The summed E-state index contributed by atoms with van der Waals surface area (Å²) in [6.07, 6.45) is 1.77. The fourth-order valence-electron chi connectivity index (χ4n) is 3.19. The molecule has 0 amide bonds. The molecule has 0 saturated carbocycles. The van der Waals surface area contributed by atoms with E-state index in [2.05, 4.69) is 4.98 Å². The molecular weight excluding hydrogens is 256 g/mol. The molecule has 1 aliphatic carbocycles. The SMILES string of the molecule is CC1=C(N2CC2)C(=O)c2nc3n(c2C1=O)CCC[C@H]3N. The molecule has 1 aromatic heterocycles. The summed E-state index contributed by atoms with van der Waals surface area (Å²) in [5.74, 6) is 0.487. The zero-order chi connectivity index (χ0) is 14.0. The Labute approximate surface area is 116 Å². The molecule has 3 heterocycles. The molecule has 0 bridgehead atoms. The number of carbonyl (C=O) groups is 2. The highest BCUT2D eigenvalue weighted by atomic mass is 16.1. The van der Waals surface area contributed by atoms with Crippen LogP contribution in [0.3, 0.4) is 0 Å². The molecule has 1 aromatic rings. The Kier molecular flexibility index (Phi) is 2.24. The van der Waals surface area contributed by atoms with Crippen LogP contribution in [0.15, 0.2) is 11.3 Å². The van der Waals surface area contributed by atoms with E-state index in [-0.39, 0.29) is 17.6 Å². The first-order chi connectivity index (χ1) is 9.59. The number of allylic oxidation sites excluding steroid dienone is 2. The molecule has 6 heteroatoms. The smallest absolute Gasteiger partial charge is 0.230 e. The van der Waals surface area contributed by atoms with Crippen LogP contribution in [0.2, 0.25) is 0 Å². The number of aromatic nitrogens is 2. The maximum Gasteiger partial charge on any atom is 0.230 e. The van der Waals surface area contributed by atoms with Gasteiger partial charge in [-0.2, -0.15) is 0 Å². The van der Waals surface area contributed by atoms with Crippen molar-refractivity contribution in [2.45, 2.75) is 32.4 Å². The lowest BCUT2D eigenvalue weighted by Crippen LogP contribution is -2.28. The van der Waals surface area contributed by atoms with Crippen LogP contribution < -0.4 is 5.73 Å². The number of rotatable bonds is 1. The van der Waals surface area contributed by atoms with Gasteiger partial charge in [-0.25, -0.2) is 4.98 Å². The van der Waals surface area contributed by atoms with Crippen molar-refractivity contribution in [3.8, 4) is 0 Å². The Hall–Kier alpha value is -1.95. The summed E-state index contributed by atoms with van der Waals surface area (Å²) >= 11 is 0. The maximum atomic E-state index is 12.6. The third kappa shape index (κ3) is 1.39. The molecule has 6 nitrogen and oxygen atoms in total. The lowest BCUT2D eigenvalue weighted by atomic mass is 9.95. The van der Waals surface area contributed by atoms with Crippen molar-refractivity contribution in [1.29, 1.82) is 0 Å². The molecule has 0 spiro atoms. The number of ketones is 2. The van der Waals surface area contributed by atoms with Crippen molar-refractivity contribution >= 4 is 11.6 Å². The molecule has 2 aliphatic heterocycles. The minimum absolute atomic E-state index is 0.0747. The highest BCUT2D eigenvalue weighted by Crippen LogP contribution is 2.34. The topological polar surface area (TPSA) is 81.0 Å². The van der Waals surface area contributed by atoms with E-state index in [1.165, 1.54) is 0 Å². The third-order valence-electron chi connectivity index (χ3n) is 4.33. The fraction of sp³-hybridized carbons (Fsp3) is 0.500. The van der Waals surface area contributed by atoms with E-state index >= 15 is 0 Å². The second kappa shape index (κ2) is 3.79. The summed E-state index contributed by atoms with van der Waals surface area (Å²) in [4.78, 5) is 31.5. The van der Waals surface area contributed by atoms with Gasteiger partial charge in [-0.15, -0.1) is 0 Å². The molecule has 0 radical (unpaired) electrons. The molecule has 3 aliphatic rings. The zero-order valence-electron chi connectivity index (χ0n) is 11.3. The number of imidazole rings is 1. The summed E-state index contributed by atoms with van der Waals surface area (Å²) in [6.45, 7) is 4.14. The maximum absolute atomic E-state index is 12.6. The largest absolute Gasteiger partial charge is 0.364 e. The Morgan fingerprint density at radius 2 is 1.95 bits per heavy atom. The lowest BCUT2D eigenvalue weighted by molar-refractivity contribution is 0.0952. The Morgan fingerprint density at radius 3 is 2.65 bits per heavy atom. The van der Waals surface area contributed by atoms with Crippen molar-refractivity contribution in [2.75, 3.05) is 13.1 Å². The van der Waals surface area contributed by atoms with Gasteiger partial charge < -0.3 is 15.2 Å². The van der Waals surface area contributed by atoms with Crippen LogP contribution in [0, 0.1) is 0 Å². The molecule has 1 saturated heterocycles. The number of hydrogen-bond acceptors (Lipinski definition) is 5. The normalized spacial score (nSPS) is 24.9. The molecule has 20 heavy (non-hydrogen) atoms. The van der Waals surface area contributed by atoms with Gasteiger partial charge in [0.1, 0.15) is 17.2 Å². The molecular formula is C14H16N4O2. The van der Waals surface area contributed by atoms with E-state index in [0.29, 0.717) is 28.5 Å². The Balaban J connectivity index is 1.92. The highest BCUT2D eigenvalue weighted by molar-refractivity contribution is 6.25. The number of fused-ring (bicyclic) bond motifs is 3. The summed E-state index contributed by atoms with van der Waals surface area (Å²) < 4.78 is 1.85. The van der Waals surface area contributed by atoms with Gasteiger partial charge in [-0.1, -0.05) is 0 Å². The van der Waals surface area contributed by atoms with Gasteiger partial charge in [-0.3, -0.25) is 9.59 Å². The van der Waals surface area contributed by atoms with Crippen LogP contribution in [0.25, 0.3) is 0 Å². The van der Waals surface area contributed by atoms with Gasteiger partial charge in [0.2, 0.25) is 11.6 Å². The summed E-state index contributed by atoms with van der Waals surface area (Å²) in [5, 5.41) is 0. The highest BCUT2D eigenvalue weighted by Gasteiger charge is 2.41. The predicted molar refractivity (Wildman–Crippen MR) is 71.3 cm³/mol. The molecule has 0 unspecified atom stereocenters. The van der Waals surface area contributed by atoms with E-state index in [0.717, 1.165) is 32.5 Å². The lowest BCUT2D eigenvalue weighted by Gasteiger charge is -2.22. The number of nitrogens with zero attached hydrogens (tertiary/aromatic N) is 3. The van der Waals surface area contributed by atoms with E-state index in [1.54, 1.807) is 6.92 Å². The Morgan fingerprint density at radius 1 is 1.20 bits per heavy atom. The minimum atomic E-state index is -0.181. The number of Topliss-reactive ketones (excluding diaryl/α,β-unsaturated/α-hetero) is 2. The van der Waals surface area contributed by atoms with E-state index in [1.807, 2.05) is 9.47 Å². The van der Waals surface area contributed by atoms with Crippen LogP contribution in [-0.2, 0) is 6.54 Å². The van der Waals surface area contributed by atoms with Gasteiger partial charge in [-0.05, 0) is 19.8 Å².